The number of hydrogen-bond acceptors (Lipinski definition) is 3. The highest BCUT2D eigenvalue weighted by molar-refractivity contribution is 9.10. The van der Waals surface area contributed by atoms with E-state index < -0.39 is 5.63 Å². The molecule has 1 heterocycles. The fourth-order valence-electron chi connectivity index (χ4n) is 2.41. The molecule has 0 aliphatic carbocycles. The molecule has 0 aliphatic heterocycles. The van der Waals surface area contributed by atoms with Crippen LogP contribution < -0.4 is 5.63 Å². The van der Waals surface area contributed by atoms with Crippen LogP contribution in [0.15, 0.2) is 56.1 Å². The van der Waals surface area contributed by atoms with Crippen LogP contribution in [0.4, 0.5) is 0 Å². The molecule has 4 heteroatoms. The van der Waals surface area contributed by atoms with Crippen molar-refractivity contribution in [3.8, 4) is 6.07 Å². The van der Waals surface area contributed by atoms with Crippen LogP contribution in [0.5, 0.6) is 0 Å². The molecule has 0 aliphatic rings. The molecule has 0 saturated heterocycles. The SMILES string of the molecule is Cc1ccc2oc(=O)c(C#N)c(/C=C/c3cccc(Br)c3)c2c1. The summed E-state index contributed by atoms with van der Waals surface area (Å²) in [6.07, 6.45) is 3.67. The van der Waals surface area contributed by atoms with E-state index in [0.29, 0.717) is 11.1 Å². The van der Waals surface area contributed by atoms with Gasteiger partial charge in [-0.25, -0.2) is 4.79 Å². The van der Waals surface area contributed by atoms with Crippen LogP contribution in [0.25, 0.3) is 23.1 Å². The van der Waals surface area contributed by atoms with Crippen LogP contribution in [0.1, 0.15) is 22.3 Å². The van der Waals surface area contributed by atoms with Crippen molar-refractivity contribution in [2.75, 3.05) is 0 Å². The molecular weight excluding hydrogens is 354 g/mol. The molecule has 0 atom stereocenters. The first kappa shape index (κ1) is 15.3. The van der Waals surface area contributed by atoms with E-state index in [4.69, 9.17) is 4.42 Å². The van der Waals surface area contributed by atoms with Crippen molar-refractivity contribution in [1.82, 2.24) is 0 Å². The van der Waals surface area contributed by atoms with Crippen molar-refractivity contribution >= 4 is 39.1 Å². The molecule has 3 rings (SSSR count). The third-order valence-corrected chi connectivity index (χ3v) is 4.00. The van der Waals surface area contributed by atoms with Gasteiger partial charge in [0.05, 0.1) is 0 Å². The number of nitrogens with zero attached hydrogens (tertiary/aromatic N) is 1. The lowest BCUT2D eigenvalue weighted by Gasteiger charge is -2.04. The average Bonchev–Trinajstić information content (AvgIpc) is 2.53. The van der Waals surface area contributed by atoms with Crippen LogP contribution in [0, 0.1) is 18.3 Å². The van der Waals surface area contributed by atoms with Gasteiger partial charge in [0.2, 0.25) is 0 Å². The Morgan fingerprint density at radius 2 is 2.00 bits per heavy atom. The molecule has 3 aromatic rings. The zero-order valence-electron chi connectivity index (χ0n) is 12.3. The van der Waals surface area contributed by atoms with Gasteiger partial charge < -0.3 is 4.42 Å². The molecule has 0 spiro atoms. The molecule has 2 aromatic carbocycles. The Hall–Kier alpha value is -2.64. The molecule has 0 amide bonds. The zero-order chi connectivity index (χ0) is 16.4. The average molecular weight is 366 g/mol. The zero-order valence-corrected chi connectivity index (χ0v) is 13.9. The summed E-state index contributed by atoms with van der Waals surface area (Å²) in [4.78, 5) is 12.0. The van der Waals surface area contributed by atoms with Gasteiger partial charge in [0.15, 0.2) is 0 Å². The van der Waals surface area contributed by atoms with Gasteiger partial charge in [-0.05, 0) is 36.8 Å². The van der Waals surface area contributed by atoms with Crippen LogP contribution in [-0.2, 0) is 0 Å². The van der Waals surface area contributed by atoms with Gasteiger partial charge in [-0.3, -0.25) is 0 Å². The minimum atomic E-state index is -0.613. The van der Waals surface area contributed by atoms with Gasteiger partial charge in [0.25, 0.3) is 0 Å². The summed E-state index contributed by atoms with van der Waals surface area (Å²) in [5.74, 6) is 0. The van der Waals surface area contributed by atoms with Crippen LogP contribution in [0.3, 0.4) is 0 Å². The number of benzene rings is 2. The smallest absolute Gasteiger partial charge is 0.354 e. The predicted molar refractivity (Wildman–Crippen MR) is 95.0 cm³/mol. The summed E-state index contributed by atoms with van der Waals surface area (Å²) in [5.41, 5.74) is 2.48. The van der Waals surface area contributed by atoms with Crippen molar-refractivity contribution in [1.29, 1.82) is 5.26 Å². The van der Waals surface area contributed by atoms with Gasteiger partial charge in [-0.2, -0.15) is 5.26 Å². The maximum absolute atomic E-state index is 12.0. The number of rotatable bonds is 2. The molecule has 23 heavy (non-hydrogen) atoms. The fraction of sp³-hybridized carbons (Fsp3) is 0.0526. The number of nitriles is 1. The number of hydrogen-bond donors (Lipinski definition) is 0. The topological polar surface area (TPSA) is 54.0 Å². The van der Waals surface area contributed by atoms with Crippen molar-refractivity contribution in [2.45, 2.75) is 6.92 Å². The van der Waals surface area contributed by atoms with Gasteiger partial charge >= 0.3 is 5.63 Å². The minimum absolute atomic E-state index is 0.0225. The van der Waals surface area contributed by atoms with Crippen molar-refractivity contribution < 1.29 is 4.42 Å². The summed E-state index contributed by atoms with van der Waals surface area (Å²) in [5, 5.41) is 10.1. The van der Waals surface area contributed by atoms with E-state index in [0.717, 1.165) is 21.0 Å². The molecule has 0 N–H and O–H groups in total. The first-order valence-electron chi connectivity index (χ1n) is 7.00. The summed E-state index contributed by atoms with van der Waals surface area (Å²) < 4.78 is 6.20. The summed E-state index contributed by atoms with van der Waals surface area (Å²) in [6, 6.07) is 15.3. The maximum atomic E-state index is 12.0. The molecule has 0 unspecified atom stereocenters. The van der Waals surface area contributed by atoms with E-state index in [1.165, 1.54) is 0 Å². The van der Waals surface area contributed by atoms with Crippen LogP contribution in [-0.4, -0.2) is 0 Å². The number of halogens is 1. The monoisotopic (exact) mass is 365 g/mol. The minimum Gasteiger partial charge on any atom is -0.422 e. The summed E-state index contributed by atoms with van der Waals surface area (Å²) in [7, 11) is 0. The quantitative estimate of drug-likeness (QED) is 0.606. The van der Waals surface area contributed by atoms with Crippen molar-refractivity contribution in [3.05, 3.63) is 79.6 Å². The van der Waals surface area contributed by atoms with E-state index >= 15 is 0 Å². The molecule has 0 radical (unpaired) electrons. The van der Waals surface area contributed by atoms with Gasteiger partial charge in [-0.15, -0.1) is 0 Å². The second-order valence-corrected chi connectivity index (χ2v) is 6.09. The lowest BCUT2D eigenvalue weighted by atomic mass is 10.0. The Morgan fingerprint density at radius 1 is 1.17 bits per heavy atom. The van der Waals surface area contributed by atoms with E-state index in [1.807, 2.05) is 55.5 Å². The fourth-order valence-corrected chi connectivity index (χ4v) is 2.82. The third kappa shape index (κ3) is 3.10. The second kappa shape index (κ2) is 6.23. The van der Waals surface area contributed by atoms with E-state index in [1.54, 1.807) is 12.1 Å². The van der Waals surface area contributed by atoms with Gasteiger partial charge in [0.1, 0.15) is 17.2 Å². The molecular formula is C19H12BrNO2. The summed E-state index contributed by atoms with van der Waals surface area (Å²) in [6.45, 7) is 1.96. The molecule has 0 fully saturated rings. The Morgan fingerprint density at radius 3 is 2.74 bits per heavy atom. The Kier molecular flexibility index (Phi) is 4.14. The first-order valence-corrected chi connectivity index (χ1v) is 7.79. The van der Waals surface area contributed by atoms with Crippen molar-refractivity contribution in [2.24, 2.45) is 0 Å². The highest BCUT2D eigenvalue weighted by Gasteiger charge is 2.12. The van der Waals surface area contributed by atoms with Crippen molar-refractivity contribution in [3.63, 3.8) is 0 Å². The molecule has 112 valence electrons. The number of fused-ring (bicyclic) bond motifs is 1. The van der Waals surface area contributed by atoms with Gasteiger partial charge in [0, 0.05) is 15.4 Å². The van der Waals surface area contributed by atoms with Crippen LogP contribution >= 0.6 is 15.9 Å². The molecule has 0 saturated carbocycles. The molecule has 1 aromatic heterocycles. The highest BCUT2D eigenvalue weighted by atomic mass is 79.9. The lowest BCUT2D eigenvalue weighted by molar-refractivity contribution is 0.558. The predicted octanol–water partition coefficient (Wildman–Crippen LogP) is 4.91. The Bertz CT molecular complexity index is 1030. The van der Waals surface area contributed by atoms with E-state index in [9.17, 15) is 10.1 Å². The van der Waals surface area contributed by atoms with E-state index in [2.05, 4.69) is 15.9 Å². The van der Waals surface area contributed by atoms with Crippen LogP contribution in [0.2, 0.25) is 0 Å². The second-order valence-electron chi connectivity index (χ2n) is 5.18. The van der Waals surface area contributed by atoms with E-state index in [-0.39, 0.29) is 5.56 Å². The largest absolute Gasteiger partial charge is 0.422 e. The Labute approximate surface area is 141 Å². The lowest BCUT2D eigenvalue weighted by Crippen LogP contribution is -2.06. The third-order valence-electron chi connectivity index (χ3n) is 3.50. The summed E-state index contributed by atoms with van der Waals surface area (Å²) >= 11 is 3.43. The standard InChI is InChI=1S/C19H12BrNO2/c1-12-5-8-18-16(9-12)15(17(11-21)19(22)23-18)7-6-13-3-2-4-14(20)10-13/h2-10H,1H3/b7-6+. The molecule has 3 nitrogen and oxygen atoms in total. The first-order chi connectivity index (χ1) is 11.1. The maximum Gasteiger partial charge on any atom is 0.354 e. The normalized spacial score (nSPS) is 11.0. The highest BCUT2D eigenvalue weighted by Crippen LogP contribution is 2.24. The number of aryl methyl sites for hydroxylation is 1. The molecule has 0 bridgehead atoms. The van der Waals surface area contributed by atoms with Gasteiger partial charge in [-0.1, -0.05) is 51.8 Å². The Balaban J connectivity index is 2.24.